The highest BCUT2D eigenvalue weighted by atomic mass is 35.5. The van der Waals surface area contributed by atoms with E-state index in [1.54, 1.807) is 0 Å². The minimum absolute atomic E-state index is 0.0658. The molecule has 0 amide bonds. The molecule has 4 aromatic rings. The van der Waals surface area contributed by atoms with Crippen LogP contribution in [0.4, 0.5) is 0 Å². The molecule has 0 aliphatic carbocycles. The summed E-state index contributed by atoms with van der Waals surface area (Å²) in [5.74, 6) is 0. The Bertz CT molecular complexity index is 1400. The molecule has 192 valence electrons. The number of aliphatic hydroxyl groups excluding tert-OH is 2. The quantitative estimate of drug-likeness (QED) is 0.335. The van der Waals surface area contributed by atoms with Gasteiger partial charge in [0, 0.05) is 17.6 Å². The number of nitrogens with one attached hydrogen (secondary N) is 1. The van der Waals surface area contributed by atoms with E-state index >= 15 is 0 Å². The van der Waals surface area contributed by atoms with Crippen LogP contribution >= 0.6 is 11.6 Å². The Morgan fingerprint density at radius 3 is 2.38 bits per heavy atom. The third kappa shape index (κ3) is 4.49. The number of rotatable bonds is 7. The monoisotopic (exact) mass is 521 g/mol. The van der Waals surface area contributed by atoms with Crippen molar-refractivity contribution in [2.24, 2.45) is 0 Å². The maximum atomic E-state index is 9.65. The molecule has 3 atom stereocenters. The Kier molecular flexibility index (Phi) is 6.38. The van der Waals surface area contributed by atoms with Crippen molar-refractivity contribution in [3.8, 4) is 28.4 Å². The molecule has 0 bridgehead atoms. The Hall–Kier alpha value is -3.01. The lowest BCUT2D eigenvalue weighted by molar-refractivity contribution is 0.0273. The van der Waals surface area contributed by atoms with E-state index in [1.807, 2.05) is 61.5 Å². The van der Waals surface area contributed by atoms with Crippen molar-refractivity contribution in [2.75, 3.05) is 26.4 Å². The first kappa shape index (κ1) is 24.3. The number of fused-ring (bicyclic) bond motifs is 2. The van der Waals surface area contributed by atoms with Gasteiger partial charge in [-0.05, 0) is 29.2 Å². The molecule has 0 spiro atoms. The number of H-pyrrole nitrogens is 1. The first-order valence-corrected chi connectivity index (χ1v) is 12.7. The predicted octanol–water partition coefficient (Wildman–Crippen LogP) is 4.12. The highest BCUT2D eigenvalue weighted by Gasteiger charge is 2.43. The molecule has 0 radical (unpaired) electrons. The normalized spacial score (nSPS) is 21.5. The molecular weight excluding hydrogens is 494 g/mol. The van der Waals surface area contributed by atoms with Gasteiger partial charge >= 0.3 is 0 Å². The molecule has 4 heterocycles. The smallest absolute Gasteiger partial charge is 0.296 e. The molecule has 2 fully saturated rings. The van der Waals surface area contributed by atoms with Crippen LogP contribution in [0.25, 0.3) is 33.5 Å². The molecule has 2 aliphatic rings. The van der Waals surface area contributed by atoms with Crippen LogP contribution < -0.4 is 4.74 Å². The first-order chi connectivity index (χ1) is 18.0. The Morgan fingerprint density at radius 2 is 1.68 bits per heavy atom. The van der Waals surface area contributed by atoms with E-state index in [2.05, 4.69) is 9.97 Å². The number of aliphatic hydroxyl groups is 2. The average molecular weight is 522 g/mol. The second-order valence-electron chi connectivity index (χ2n) is 9.92. The van der Waals surface area contributed by atoms with E-state index in [-0.39, 0.29) is 31.5 Å². The fraction of sp³-hybridized carbons (Fsp3) is 0.357. The second-order valence-corrected chi connectivity index (χ2v) is 10.3. The van der Waals surface area contributed by atoms with Crippen LogP contribution in [0.2, 0.25) is 5.02 Å². The maximum absolute atomic E-state index is 9.65. The minimum Gasteiger partial charge on any atom is -0.456 e. The van der Waals surface area contributed by atoms with Gasteiger partial charge in [0.05, 0.1) is 42.2 Å². The lowest BCUT2D eigenvalue weighted by atomic mass is 9.83. The summed E-state index contributed by atoms with van der Waals surface area (Å²) >= 11 is 6.60. The first-order valence-electron chi connectivity index (χ1n) is 12.4. The molecule has 2 unspecified atom stereocenters. The summed E-state index contributed by atoms with van der Waals surface area (Å²) in [6.07, 6.45) is 0.715. The Labute approximate surface area is 219 Å². The number of hydrogen-bond donors (Lipinski definition) is 3. The molecule has 2 aromatic carbocycles. The second kappa shape index (κ2) is 9.70. The Balaban J connectivity index is 1.22. The van der Waals surface area contributed by atoms with Crippen LogP contribution in [-0.2, 0) is 14.9 Å². The Morgan fingerprint density at radius 1 is 1.00 bits per heavy atom. The fourth-order valence-corrected chi connectivity index (χ4v) is 5.21. The van der Waals surface area contributed by atoms with Crippen molar-refractivity contribution in [1.29, 1.82) is 0 Å². The van der Waals surface area contributed by atoms with Gasteiger partial charge in [-0.15, -0.1) is 0 Å². The van der Waals surface area contributed by atoms with Gasteiger partial charge in [0.1, 0.15) is 6.10 Å². The molecule has 37 heavy (non-hydrogen) atoms. The van der Waals surface area contributed by atoms with E-state index < -0.39 is 5.41 Å². The largest absolute Gasteiger partial charge is 0.456 e. The van der Waals surface area contributed by atoms with Gasteiger partial charge in [0.25, 0.3) is 6.01 Å². The molecule has 8 nitrogen and oxygen atoms in total. The number of imidazole rings is 1. The van der Waals surface area contributed by atoms with Gasteiger partial charge in [-0.3, -0.25) is 0 Å². The van der Waals surface area contributed by atoms with E-state index in [0.717, 1.165) is 28.7 Å². The number of benzene rings is 2. The van der Waals surface area contributed by atoms with Crippen LogP contribution in [-0.4, -0.2) is 69.9 Å². The number of nitrogens with zero attached hydrogens (tertiary/aromatic N) is 2. The summed E-state index contributed by atoms with van der Waals surface area (Å²) in [5.41, 5.74) is 5.01. The average Bonchev–Trinajstić information content (AvgIpc) is 3.65. The molecular formula is C28H28ClN3O5. The zero-order valence-corrected chi connectivity index (χ0v) is 21.1. The zero-order chi connectivity index (χ0) is 25.6. The molecule has 2 saturated heterocycles. The summed E-state index contributed by atoms with van der Waals surface area (Å²) in [6, 6.07) is 18.0. The van der Waals surface area contributed by atoms with Gasteiger partial charge < -0.3 is 29.4 Å². The van der Waals surface area contributed by atoms with Crippen LogP contribution in [0.1, 0.15) is 18.9 Å². The molecule has 9 heteroatoms. The van der Waals surface area contributed by atoms with E-state index in [9.17, 15) is 10.2 Å². The fourth-order valence-electron chi connectivity index (χ4n) is 4.95. The van der Waals surface area contributed by atoms with Gasteiger partial charge in [-0.2, -0.15) is 4.98 Å². The van der Waals surface area contributed by atoms with Crippen molar-refractivity contribution in [1.82, 2.24) is 15.0 Å². The van der Waals surface area contributed by atoms with Gasteiger partial charge in [-0.1, -0.05) is 67.1 Å². The van der Waals surface area contributed by atoms with E-state index in [4.69, 9.17) is 30.8 Å². The van der Waals surface area contributed by atoms with Crippen LogP contribution in [0.3, 0.4) is 0 Å². The van der Waals surface area contributed by atoms with E-state index in [0.29, 0.717) is 41.1 Å². The van der Waals surface area contributed by atoms with Crippen LogP contribution in [0, 0.1) is 0 Å². The predicted molar refractivity (Wildman–Crippen MR) is 140 cm³/mol. The number of hydrogen-bond acceptors (Lipinski definition) is 7. The van der Waals surface area contributed by atoms with Crippen molar-refractivity contribution in [3.05, 3.63) is 65.2 Å². The van der Waals surface area contributed by atoms with Gasteiger partial charge in [-0.25, -0.2) is 4.98 Å². The number of aromatic amines is 1. The SMILES string of the molecule is CC(CO)(CO)c1ccc(-c2ccc(-c3nc4nc(O[C@@H]5COC6CCOC65)[nH]c4cc3Cl)cc2)cc1. The molecule has 6 rings (SSSR count). The zero-order valence-electron chi connectivity index (χ0n) is 20.4. The highest BCUT2D eigenvalue weighted by molar-refractivity contribution is 6.33. The molecule has 3 N–H and O–H groups in total. The standard InChI is InChI=1S/C28H28ClN3O5/c1-28(14-33,15-34)19-8-6-17(7-9-19)16-2-4-18(5-3-16)24-20(29)12-21-26(31-24)32-27(30-21)37-23-13-36-22-10-11-35-25(22)23/h2-9,12,22-23,25,33-34H,10-11,13-15H2,1H3,(H,30,31,32)/t22?,23-,25?/m1/s1. The number of aromatic nitrogens is 3. The molecule has 2 aliphatic heterocycles. The van der Waals surface area contributed by atoms with Crippen molar-refractivity contribution < 1.29 is 24.4 Å². The number of pyridine rings is 1. The van der Waals surface area contributed by atoms with Crippen LogP contribution in [0.15, 0.2) is 54.6 Å². The van der Waals surface area contributed by atoms with Crippen molar-refractivity contribution in [2.45, 2.75) is 37.1 Å². The number of halogens is 1. The lowest BCUT2D eigenvalue weighted by Gasteiger charge is -2.25. The highest BCUT2D eigenvalue weighted by Crippen LogP contribution is 2.33. The molecule has 0 saturated carbocycles. The van der Waals surface area contributed by atoms with Crippen LogP contribution in [0.5, 0.6) is 6.01 Å². The molecule has 2 aromatic heterocycles. The van der Waals surface area contributed by atoms with Crippen molar-refractivity contribution in [3.63, 3.8) is 0 Å². The summed E-state index contributed by atoms with van der Waals surface area (Å²) in [7, 11) is 0. The maximum Gasteiger partial charge on any atom is 0.296 e. The third-order valence-electron chi connectivity index (χ3n) is 7.36. The lowest BCUT2D eigenvalue weighted by Crippen LogP contribution is -2.32. The topological polar surface area (TPSA) is 110 Å². The summed E-state index contributed by atoms with van der Waals surface area (Å²) in [4.78, 5) is 12.4. The minimum atomic E-state index is -0.668. The van der Waals surface area contributed by atoms with E-state index in [1.165, 1.54) is 0 Å². The summed E-state index contributed by atoms with van der Waals surface area (Å²) < 4.78 is 17.6. The summed E-state index contributed by atoms with van der Waals surface area (Å²) in [5, 5.41) is 19.8. The third-order valence-corrected chi connectivity index (χ3v) is 7.65. The number of ether oxygens (including phenoxy) is 3. The summed E-state index contributed by atoms with van der Waals surface area (Å²) in [6.45, 7) is 2.75. The van der Waals surface area contributed by atoms with Gasteiger partial charge in [0.15, 0.2) is 11.8 Å². The van der Waals surface area contributed by atoms with Gasteiger partial charge in [0.2, 0.25) is 0 Å². The van der Waals surface area contributed by atoms with Crippen molar-refractivity contribution >= 4 is 22.8 Å².